The Morgan fingerprint density at radius 2 is 1.32 bits per heavy atom. The SMILES string of the molecule is C=C/C(=C\CC(Oc1cc2c(cc1OC)C(=O)N1c3ccccc3C[C@H]1C=N2)Oc1cc2c(cc1OC)C(=O)N1c3ccccc3C[C@H]1CN2)NC(=O)CNC(=O)CNC(=O)CNC(=O)C1CCC(C(=O)O)CC1. The number of allylic oxidation sites excluding steroid dienone is 1. The Balaban J connectivity index is 0.891. The minimum atomic E-state index is -1.20. The number of hydrogen-bond acceptors (Lipinski definition) is 13. The molecule has 1 fully saturated rings. The smallest absolute Gasteiger partial charge is 0.306 e. The number of para-hydroxylation sites is 2. The lowest BCUT2D eigenvalue weighted by Crippen LogP contribution is -2.45. The second kappa shape index (κ2) is 22.0. The first kappa shape index (κ1) is 50.3. The van der Waals surface area contributed by atoms with Gasteiger partial charge >= 0.3 is 5.97 Å². The molecule has 4 aliphatic heterocycles. The van der Waals surface area contributed by atoms with E-state index in [9.17, 15) is 38.7 Å². The third kappa shape index (κ3) is 10.7. The van der Waals surface area contributed by atoms with Crippen LogP contribution in [0.2, 0.25) is 0 Å². The molecule has 6 N–H and O–H groups in total. The first-order valence-electron chi connectivity index (χ1n) is 24.4. The van der Waals surface area contributed by atoms with E-state index in [1.165, 1.54) is 20.3 Å². The molecule has 1 saturated carbocycles. The average Bonchev–Trinajstić information content (AvgIpc) is 3.91. The van der Waals surface area contributed by atoms with Gasteiger partial charge in [0.2, 0.25) is 29.9 Å². The van der Waals surface area contributed by atoms with Crippen LogP contribution in [0.3, 0.4) is 0 Å². The van der Waals surface area contributed by atoms with E-state index in [4.69, 9.17) is 23.9 Å². The van der Waals surface area contributed by atoms with Crippen molar-refractivity contribution in [3.05, 3.63) is 119 Å². The fourth-order valence-corrected chi connectivity index (χ4v) is 9.97. The highest BCUT2D eigenvalue weighted by molar-refractivity contribution is 6.15. The van der Waals surface area contributed by atoms with E-state index < -0.39 is 54.9 Å². The van der Waals surface area contributed by atoms with Crippen LogP contribution in [0.1, 0.15) is 63.9 Å². The number of ether oxygens (including phenoxy) is 4. The van der Waals surface area contributed by atoms with Crippen molar-refractivity contribution in [1.82, 2.24) is 21.3 Å². The van der Waals surface area contributed by atoms with Crippen LogP contribution in [0.5, 0.6) is 23.0 Å². The molecule has 0 radical (unpaired) electrons. The number of fused-ring (bicyclic) bond motifs is 8. The Hall–Kier alpha value is -8.68. The molecule has 0 bridgehead atoms. The summed E-state index contributed by atoms with van der Waals surface area (Å²) in [5.74, 6) is -3.62. The van der Waals surface area contributed by atoms with Crippen molar-refractivity contribution in [2.45, 2.75) is 63.3 Å². The maximum atomic E-state index is 14.2. The topological polar surface area (TPSA) is 256 Å². The summed E-state index contributed by atoms with van der Waals surface area (Å²) in [4.78, 5) is 98.6. The molecule has 3 atom stereocenters. The second-order valence-corrected chi connectivity index (χ2v) is 18.4. The molecular formula is C54H56N8O12. The van der Waals surface area contributed by atoms with E-state index in [2.05, 4.69) is 33.2 Å². The molecule has 1 unspecified atom stereocenters. The molecule has 4 aromatic carbocycles. The highest BCUT2D eigenvalue weighted by atomic mass is 16.7. The highest BCUT2D eigenvalue weighted by Gasteiger charge is 2.39. The Kier molecular flexibility index (Phi) is 14.9. The van der Waals surface area contributed by atoms with Gasteiger partial charge in [-0.25, -0.2) is 0 Å². The zero-order valence-electron chi connectivity index (χ0n) is 40.8. The second-order valence-electron chi connectivity index (χ2n) is 18.4. The van der Waals surface area contributed by atoms with Gasteiger partial charge in [-0.3, -0.25) is 43.5 Å². The van der Waals surface area contributed by atoms with Gasteiger partial charge in [-0.05, 0) is 73.6 Å². The molecule has 5 aliphatic rings. The molecule has 4 heterocycles. The molecule has 6 amide bonds. The highest BCUT2D eigenvalue weighted by Crippen LogP contribution is 2.44. The van der Waals surface area contributed by atoms with Crippen molar-refractivity contribution in [3.8, 4) is 23.0 Å². The third-order valence-electron chi connectivity index (χ3n) is 13.8. The number of nitrogens with zero attached hydrogens (tertiary/aromatic N) is 3. The molecule has 20 heteroatoms. The van der Waals surface area contributed by atoms with Gasteiger partial charge in [0.05, 0.1) is 74.4 Å². The van der Waals surface area contributed by atoms with Crippen LogP contribution < -0.4 is 55.3 Å². The molecule has 1 aliphatic carbocycles. The molecule has 74 heavy (non-hydrogen) atoms. The molecule has 0 aromatic heterocycles. The zero-order valence-corrected chi connectivity index (χ0v) is 40.8. The number of methoxy groups -OCH3 is 2. The van der Waals surface area contributed by atoms with Crippen molar-refractivity contribution in [1.29, 1.82) is 0 Å². The first-order valence-corrected chi connectivity index (χ1v) is 24.4. The van der Waals surface area contributed by atoms with Gasteiger partial charge < -0.3 is 55.5 Å². The van der Waals surface area contributed by atoms with Crippen molar-refractivity contribution in [2.75, 3.05) is 55.5 Å². The van der Waals surface area contributed by atoms with E-state index >= 15 is 0 Å². The van der Waals surface area contributed by atoms with E-state index in [0.717, 1.165) is 22.5 Å². The minimum Gasteiger partial charge on any atom is -0.493 e. The van der Waals surface area contributed by atoms with Crippen LogP contribution in [0.25, 0.3) is 0 Å². The zero-order chi connectivity index (χ0) is 52.0. The lowest BCUT2D eigenvalue weighted by atomic mass is 9.81. The van der Waals surface area contributed by atoms with Crippen LogP contribution in [0, 0.1) is 11.8 Å². The Bertz CT molecular complexity index is 2980. The predicted octanol–water partition coefficient (Wildman–Crippen LogP) is 4.59. The Morgan fingerprint density at radius 3 is 1.99 bits per heavy atom. The number of aliphatic imine (C=N–C) groups is 1. The number of carboxylic acid groups (broad SMARTS) is 1. The molecule has 384 valence electrons. The van der Waals surface area contributed by atoms with E-state index in [1.807, 2.05) is 53.4 Å². The Labute approximate surface area is 426 Å². The normalized spacial score (nSPS) is 19.5. The standard InChI is InChI=1S/C54H56N8O12/c1-4-34(60-49(65)29-58-47(63)27-57-48(64)28-59-51(66)30-13-15-31(16-14-30)54(69)70)17-18-50(73-45-23-39-37(21-43(45)71-2)52(67)61-35(25-55-39)19-32-9-5-7-11-41(32)61)74-46-24-40-38(22-44(46)72-3)53(68)62-36(26-56-40)20-33-10-6-8-12-42(33)62/h4-12,17,21-25,30-31,35-36,50,56H,1,13-16,18-20,26-29H2,2-3H3,(H,57,64)(H,58,63)(H,59,66)(H,60,65)(H,69,70)/b34-17+/t30?,31?,35-,36-,50?/m0/s1. The van der Waals surface area contributed by atoms with Gasteiger partial charge in [-0.2, -0.15) is 0 Å². The minimum absolute atomic E-state index is 0.0472. The van der Waals surface area contributed by atoms with Gasteiger partial charge in [0.1, 0.15) is 0 Å². The van der Waals surface area contributed by atoms with Crippen LogP contribution in [0.15, 0.2) is 102 Å². The van der Waals surface area contributed by atoms with Gasteiger partial charge in [0.15, 0.2) is 23.0 Å². The van der Waals surface area contributed by atoms with Gasteiger partial charge in [0.25, 0.3) is 11.8 Å². The van der Waals surface area contributed by atoms with E-state index in [-0.39, 0.29) is 71.5 Å². The first-order chi connectivity index (χ1) is 35.8. The van der Waals surface area contributed by atoms with Gasteiger partial charge in [0, 0.05) is 60.7 Å². The summed E-state index contributed by atoms with van der Waals surface area (Å²) in [7, 11) is 2.90. The molecule has 0 spiro atoms. The van der Waals surface area contributed by atoms with Crippen molar-refractivity contribution in [2.24, 2.45) is 16.8 Å². The maximum absolute atomic E-state index is 14.2. The van der Waals surface area contributed by atoms with Crippen molar-refractivity contribution in [3.63, 3.8) is 0 Å². The molecule has 4 aromatic rings. The fraction of sp³-hybridized carbons (Fsp3) is 0.333. The average molecular weight is 1010 g/mol. The van der Waals surface area contributed by atoms with E-state index in [1.54, 1.807) is 41.5 Å². The number of benzene rings is 4. The van der Waals surface area contributed by atoms with E-state index in [0.29, 0.717) is 67.6 Å². The number of hydrogen-bond donors (Lipinski definition) is 6. The number of carboxylic acids is 1. The predicted molar refractivity (Wildman–Crippen MR) is 272 cm³/mol. The Morgan fingerprint density at radius 1 is 0.743 bits per heavy atom. The number of carbonyl (C=O) groups is 7. The molecule has 20 nitrogen and oxygen atoms in total. The number of nitrogens with one attached hydrogen (secondary N) is 5. The largest absolute Gasteiger partial charge is 0.493 e. The maximum Gasteiger partial charge on any atom is 0.306 e. The van der Waals surface area contributed by atoms with Crippen molar-refractivity contribution >= 4 is 70.4 Å². The quantitative estimate of drug-likeness (QED) is 0.0590. The summed E-state index contributed by atoms with van der Waals surface area (Å²) < 4.78 is 24.8. The number of rotatable bonds is 18. The summed E-state index contributed by atoms with van der Waals surface area (Å²) in [6, 6.07) is 21.6. The fourth-order valence-electron chi connectivity index (χ4n) is 9.97. The molecule has 0 saturated heterocycles. The molecular weight excluding hydrogens is 953 g/mol. The number of amides is 6. The van der Waals surface area contributed by atoms with Crippen LogP contribution in [0.4, 0.5) is 22.7 Å². The van der Waals surface area contributed by atoms with Gasteiger partial charge in [-0.1, -0.05) is 49.1 Å². The number of aliphatic carboxylic acids is 1. The lowest BCUT2D eigenvalue weighted by molar-refractivity contribution is -0.144. The lowest BCUT2D eigenvalue weighted by Gasteiger charge is -2.25. The summed E-state index contributed by atoms with van der Waals surface area (Å²) >= 11 is 0. The summed E-state index contributed by atoms with van der Waals surface area (Å²) in [5.41, 5.74) is 5.57. The third-order valence-corrected chi connectivity index (χ3v) is 13.8. The van der Waals surface area contributed by atoms with Crippen LogP contribution >= 0.6 is 0 Å². The summed E-state index contributed by atoms with van der Waals surface area (Å²) in [6.45, 7) is 3.00. The molecule has 9 rings (SSSR count). The summed E-state index contributed by atoms with van der Waals surface area (Å²) in [6.07, 6.45) is 6.35. The van der Waals surface area contributed by atoms with Crippen LogP contribution in [-0.4, -0.2) is 112 Å². The summed E-state index contributed by atoms with van der Waals surface area (Å²) in [5, 5.41) is 22.7. The monoisotopic (exact) mass is 1010 g/mol. The van der Waals surface area contributed by atoms with Crippen LogP contribution in [-0.2, 0) is 36.8 Å². The number of anilines is 3. The number of carbonyl (C=O) groups excluding carboxylic acids is 6. The van der Waals surface area contributed by atoms with Crippen molar-refractivity contribution < 1.29 is 57.6 Å². The van der Waals surface area contributed by atoms with Gasteiger partial charge in [-0.15, -0.1) is 0 Å².